The molecule has 0 spiro atoms. The molecule has 2 atom stereocenters. The molecule has 1 N–H and O–H groups in total. The van der Waals surface area contributed by atoms with Gasteiger partial charge in [-0.3, -0.25) is 0 Å². The smallest absolute Gasteiger partial charge is 0.329 e. The predicted octanol–water partition coefficient (Wildman–Crippen LogP) is 1.61. The highest BCUT2D eigenvalue weighted by atomic mass is 16.6. The van der Waals surface area contributed by atoms with E-state index < -0.39 is 6.10 Å². The molecule has 0 amide bonds. The van der Waals surface area contributed by atoms with Crippen LogP contribution in [0.25, 0.3) is 0 Å². The summed E-state index contributed by atoms with van der Waals surface area (Å²) in [6.45, 7) is 3.86. The number of aliphatic hydroxyl groups is 1. The second-order valence-corrected chi connectivity index (χ2v) is 5.37. The summed E-state index contributed by atoms with van der Waals surface area (Å²) in [4.78, 5) is 14.2. The lowest BCUT2D eigenvalue weighted by molar-refractivity contribution is -0.154. The molecule has 0 fully saturated rings. The van der Waals surface area contributed by atoms with Gasteiger partial charge in [0.15, 0.2) is 0 Å². The van der Waals surface area contributed by atoms with Crippen LogP contribution in [-0.2, 0) is 16.0 Å². The van der Waals surface area contributed by atoms with Crippen LogP contribution in [0.2, 0.25) is 0 Å². The minimum absolute atomic E-state index is 0.142. The number of nitrogens with zero attached hydrogens (tertiary/aromatic N) is 1. The fourth-order valence-electron chi connectivity index (χ4n) is 2.68. The molecule has 1 aliphatic rings. The third-order valence-corrected chi connectivity index (χ3v) is 3.60. The van der Waals surface area contributed by atoms with Crippen LogP contribution in [0.5, 0.6) is 0 Å². The van der Waals surface area contributed by atoms with Gasteiger partial charge in [0.1, 0.15) is 12.1 Å². The number of anilines is 1. The summed E-state index contributed by atoms with van der Waals surface area (Å²) >= 11 is 0. The van der Waals surface area contributed by atoms with E-state index in [0.29, 0.717) is 6.42 Å². The van der Waals surface area contributed by atoms with Gasteiger partial charge in [0.05, 0.1) is 6.61 Å². The molecule has 1 aliphatic heterocycles. The summed E-state index contributed by atoms with van der Waals surface area (Å²) in [6, 6.07) is 7.64. The maximum Gasteiger partial charge on any atom is 0.329 e. The van der Waals surface area contributed by atoms with E-state index in [1.165, 1.54) is 0 Å². The van der Waals surface area contributed by atoms with Crippen LogP contribution in [0.15, 0.2) is 24.3 Å². The molecule has 2 rings (SSSR count). The Hall–Kier alpha value is -1.55. The number of aliphatic hydroxyl groups excluding tert-OH is 1. The minimum atomic E-state index is -0.455. The number of hydrogen-bond donors (Lipinski definition) is 1. The van der Waals surface area contributed by atoms with Crippen molar-refractivity contribution in [1.82, 2.24) is 0 Å². The number of carbonyl (C=O) groups is 1. The summed E-state index contributed by atoms with van der Waals surface area (Å²) in [6.07, 6.45) is 0.0942. The van der Waals surface area contributed by atoms with E-state index in [4.69, 9.17) is 4.74 Å². The number of fused-ring (bicyclic) bond motifs is 1. The summed E-state index contributed by atoms with van der Waals surface area (Å²) in [5.41, 5.74) is 2.14. The summed E-state index contributed by atoms with van der Waals surface area (Å²) < 4.78 is 5.41. The van der Waals surface area contributed by atoms with Gasteiger partial charge in [-0.15, -0.1) is 0 Å². The van der Waals surface area contributed by atoms with Gasteiger partial charge < -0.3 is 14.7 Å². The molecule has 0 saturated carbocycles. The first kappa shape index (κ1) is 13.9. The van der Waals surface area contributed by atoms with Crippen molar-refractivity contribution in [2.45, 2.75) is 32.4 Å². The third kappa shape index (κ3) is 2.73. The topological polar surface area (TPSA) is 49.8 Å². The highest BCUT2D eigenvalue weighted by Gasteiger charge is 2.33. The van der Waals surface area contributed by atoms with Crippen molar-refractivity contribution in [3.05, 3.63) is 29.8 Å². The molecule has 0 saturated heterocycles. The van der Waals surface area contributed by atoms with Gasteiger partial charge in [-0.25, -0.2) is 4.79 Å². The van der Waals surface area contributed by atoms with Crippen LogP contribution >= 0.6 is 0 Å². The van der Waals surface area contributed by atoms with Gasteiger partial charge in [0.2, 0.25) is 0 Å². The molecular weight excluding hydrogens is 242 g/mol. The molecule has 0 aromatic heterocycles. The summed E-state index contributed by atoms with van der Waals surface area (Å²) in [5.74, 6) is -0.117. The van der Waals surface area contributed by atoms with Crippen molar-refractivity contribution in [1.29, 1.82) is 0 Å². The van der Waals surface area contributed by atoms with Gasteiger partial charge in [-0.05, 0) is 17.5 Å². The second kappa shape index (κ2) is 5.61. The number of carbonyl (C=O) groups excluding carboxylic acids is 1. The first-order valence-corrected chi connectivity index (χ1v) is 6.66. The largest absolute Gasteiger partial charge is 0.458 e. The van der Waals surface area contributed by atoms with E-state index in [2.05, 4.69) is 0 Å². The maximum atomic E-state index is 12.2. The number of rotatable bonds is 2. The molecule has 0 radical (unpaired) electrons. The second-order valence-electron chi connectivity index (χ2n) is 5.37. The van der Waals surface area contributed by atoms with Crippen LogP contribution in [0.4, 0.5) is 5.69 Å². The van der Waals surface area contributed by atoms with Gasteiger partial charge >= 0.3 is 5.97 Å². The van der Waals surface area contributed by atoms with Crippen LogP contribution < -0.4 is 4.90 Å². The van der Waals surface area contributed by atoms with Crippen LogP contribution in [0.3, 0.4) is 0 Å². The Morgan fingerprint density at radius 3 is 2.74 bits per heavy atom. The number of hydrogen-bond acceptors (Lipinski definition) is 4. The lowest BCUT2D eigenvalue weighted by Crippen LogP contribution is -2.47. The van der Waals surface area contributed by atoms with E-state index in [0.717, 1.165) is 11.3 Å². The average Bonchev–Trinajstić information content (AvgIpc) is 2.36. The Balaban J connectivity index is 2.45. The Morgan fingerprint density at radius 1 is 1.42 bits per heavy atom. The van der Waals surface area contributed by atoms with E-state index in [1.54, 1.807) is 0 Å². The van der Waals surface area contributed by atoms with Crippen LogP contribution in [-0.4, -0.2) is 36.9 Å². The molecule has 4 nitrogen and oxygen atoms in total. The van der Waals surface area contributed by atoms with Gasteiger partial charge in [-0.2, -0.15) is 0 Å². The summed E-state index contributed by atoms with van der Waals surface area (Å²) in [7, 11) is 1.92. The first-order chi connectivity index (χ1) is 9.04. The van der Waals surface area contributed by atoms with Crippen molar-refractivity contribution < 1.29 is 14.6 Å². The Labute approximate surface area is 114 Å². The van der Waals surface area contributed by atoms with Crippen molar-refractivity contribution >= 4 is 11.7 Å². The van der Waals surface area contributed by atoms with Crippen molar-refractivity contribution in [3.8, 4) is 0 Å². The number of cyclic esters (lactones) is 1. The maximum absolute atomic E-state index is 12.2. The van der Waals surface area contributed by atoms with Crippen molar-refractivity contribution in [2.75, 3.05) is 18.6 Å². The van der Waals surface area contributed by atoms with Crippen LogP contribution in [0.1, 0.15) is 19.4 Å². The highest BCUT2D eigenvalue weighted by molar-refractivity contribution is 5.81. The Kier molecular flexibility index (Phi) is 4.10. The molecular formula is C15H21NO3. The van der Waals surface area contributed by atoms with Gasteiger partial charge in [-0.1, -0.05) is 32.0 Å². The fourth-order valence-corrected chi connectivity index (χ4v) is 2.68. The Bertz CT molecular complexity index is 458. The first-order valence-electron chi connectivity index (χ1n) is 6.66. The zero-order chi connectivity index (χ0) is 14.0. The monoisotopic (exact) mass is 263 g/mol. The molecule has 104 valence electrons. The molecule has 0 aliphatic carbocycles. The number of benzene rings is 1. The SMILES string of the molecule is CC(C)[C@H]1C(=O)O[C@@H](CO)Cc2ccccc2N1C. The normalized spacial score (nSPS) is 23.6. The minimum Gasteiger partial charge on any atom is -0.458 e. The Morgan fingerprint density at radius 2 is 2.11 bits per heavy atom. The highest BCUT2D eigenvalue weighted by Crippen LogP contribution is 2.28. The lowest BCUT2D eigenvalue weighted by Gasteiger charge is -2.36. The van der Waals surface area contributed by atoms with Crippen molar-refractivity contribution in [2.24, 2.45) is 5.92 Å². The third-order valence-electron chi connectivity index (χ3n) is 3.60. The quantitative estimate of drug-likeness (QED) is 0.824. The molecule has 4 heteroatoms. The molecule has 1 aromatic carbocycles. The molecule has 1 heterocycles. The zero-order valence-corrected chi connectivity index (χ0v) is 11.7. The predicted molar refractivity (Wildman–Crippen MR) is 74.1 cm³/mol. The van der Waals surface area contributed by atoms with E-state index in [9.17, 15) is 9.90 Å². The van der Waals surface area contributed by atoms with Crippen molar-refractivity contribution in [3.63, 3.8) is 0 Å². The average molecular weight is 263 g/mol. The number of esters is 1. The van der Waals surface area contributed by atoms with E-state index in [-0.39, 0.29) is 24.5 Å². The van der Waals surface area contributed by atoms with Crippen LogP contribution in [0, 0.1) is 5.92 Å². The molecule has 1 aromatic rings. The number of likely N-dealkylation sites (N-methyl/N-ethyl adjacent to an activating group) is 1. The zero-order valence-electron chi connectivity index (χ0n) is 11.7. The van der Waals surface area contributed by atoms with Gasteiger partial charge in [0, 0.05) is 19.2 Å². The molecule has 19 heavy (non-hydrogen) atoms. The molecule has 0 bridgehead atoms. The van der Waals surface area contributed by atoms with Gasteiger partial charge in [0.25, 0.3) is 0 Å². The molecule has 0 unspecified atom stereocenters. The number of ether oxygens (including phenoxy) is 1. The number of para-hydroxylation sites is 1. The fraction of sp³-hybridized carbons (Fsp3) is 0.533. The summed E-state index contributed by atoms with van der Waals surface area (Å²) in [5, 5.41) is 9.35. The standard InChI is InChI=1S/C15H21NO3/c1-10(2)14-15(18)19-12(9-17)8-11-6-4-5-7-13(11)16(14)3/h4-7,10,12,14,17H,8-9H2,1-3H3/t12-,14+/m1/s1. The van der Waals surface area contributed by atoms with E-state index in [1.807, 2.05) is 50.1 Å². The van der Waals surface area contributed by atoms with E-state index >= 15 is 0 Å². The lowest BCUT2D eigenvalue weighted by atomic mass is 9.97.